The zero-order valence-corrected chi connectivity index (χ0v) is 10.1. The maximum Gasteiger partial charge on any atom is 0.342 e. The normalized spacial score (nSPS) is 10.0. The summed E-state index contributed by atoms with van der Waals surface area (Å²) in [5.41, 5.74) is -0.506. The number of carboxylic acid groups (broad SMARTS) is 1. The monoisotopic (exact) mass is 262 g/mol. The van der Waals surface area contributed by atoms with E-state index in [1.165, 1.54) is 19.2 Å². The first-order chi connectivity index (χ1) is 9.13. The number of rotatable bonds is 4. The molecule has 1 N–H and O–H groups in total. The van der Waals surface area contributed by atoms with Gasteiger partial charge in [0, 0.05) is 0 Å². The fourth-order valence-electron chi connectivity index (χ4n) is 1.62. The molecule has 0 amide bonds. The van der Waals surface area contributed by atoms with E-state index in [4.69, 9.17) is 14.6 Å². The van der Waals surface area contributed by atoms with E-state index in [9.17, 15) is 9.18 Å². The van der Waals surface area contributed by atoms with Gasteiger partial charge in [-0.15, -0.1) is 0 Å². The van der Waals surface area contributed by atoms with Gasteiger partial charge in [-0.05, 0) is 24.3 Å². The van der Waals surface area contributed by atoms with Crippen molar-refractivity contribution in [1.82, 2.24) is 0 Å². The van der Waals surface area contributed by atoms with Crippen LogP contribution in [-0.4, -0.2) is 18.2 Å². The second-order valence-electron chi connectivity index (χ2n) is 3.67. The van der Waals surface area contributed by atoms with Crippen LogP contribution >= 0.6 is 0 Å². The second-order valence-corrected chi connectivity index (χ2v) is 3.67. The van der Waals surface area contributed by atoms with Gasteiger partial charge in [-0.1, -0.05) is 18.2 Å². The third kappa shape index (κ3) is 2.65. The zero-order valence-electron chi connectivity index (χ0n) is 10.1. The number of halogens is 1. The minimum atomic E-state index is -1.39. The molecule has 0 aliphatic heterocycles. The van der Waals surface area contributed by atoms with Crippen LogP contribution in [0.1, 0.15) is 10.4 Å². The van der Waals surface area contributed by atoms with Gasteiger partial charge in [0.05, 0.1) is 7.11 Å². The molecule has 0 aromatic heterocycles. The Hall–Kier alpha value is -2.56. The van der Waals surface area contributed by atoms with Gasteiger partial charge >= 0.3 is 5.97 Å². The minimum Gasteiger partial charge on any atom is -0.493 e. The second kappa shape index (κ2) is 5.39. The highest BCUT2D eigenvalue weighted by Crippen LogP contribution is 2.33. The molecule has 2 rings (SSSR count). The molecule has 0 bridgehead atoms. The molecule has 0 spiro atoms. The molecular weight excluding hydrogens is 251 g/mol. The van der Waals surface area contributed by atoms with Crippen LogP contribution in [0, 0.1) is 5.82 Å². The number of carboxylic acids is 1. The summed E-state index contributed by atoms with van der Waals surface area (Å²) >= 11 is 0. The average molecular weight is 262 g/mol. The lowest BCUT2D eigenvalue weighted by Crippen LogP contribution is -2.03. The van der Waals surface area contributed by atoms with Crippen molar-refractivity contribution >= 4 is 5.97 Å². The lowest BCUT2D eigenvalue weighted by atomic mass is 10.2. The first kappa shape index (κ1) is 12.9. The average Bonchev–Trinajstić information content (AvgIpc) is 2.39. The van der Waals surface area contributed by atoms with Crippen molar-refractivity contribution in [3.8, 4) is 17.2 Å². The van der Waals surface area contributed by atoms with Crippen LogP contribution in [0.2, 0.25) is 0 Å². The van der Waals surface area contributed by atoms with Crippen LogP contribution < -0.4 is 9.47 Å². The molecule has 0 saturated carbocycles. The summed E-state index contributed by atoms with van der Waals surface area (Å²) < 4.78 is 24.0. The maximum absolute atomic E-state index is 13.5. The number of para-hydroxylation sites is 2. The maximum atomic E-state index is 13.5. The van der Waals surface area contributed by atoms with Crippen LogP contribution in [0.3, 0.4) is 0 Å². The predicted octanol–water partition coefficient (Wildman–Crippen LogP) is 3.32. The molecule has 0 aliphatic carbocycles. The smallest absolute Gasteiger partial charge is 0.342 e. The molecule has 0 unspecified atom stereocenters. The van der Waals surface area contributed by atoms with Crippen LogP contribution in [0.15, 0.2) is 42.5 Å². The molecule has 0 aliphatic rings. The summed E-state index contributed by atoms with van der Waals surface area (Å²) in [6, 6.07) is 10.6. The third-order valence-electron chi connectivity index (χ3n) is 2.48. The highest BCUT2D eigenvalue weighted by molar-refractivity contribution is 5.91. The van der Waals surface area contributed by atoms with E-state index in [0.29, 0.717) is 11.5 Å². The molecule has 2 aromatic carbocycles. The number of hydrogen-bond donors (Lipinski definition) is 1. The lowest BCUT2D eigenvalue weighted by molar-refractivity contribution is 0.0689. The Balaban J connectivity index is 2.44. The highest BCUT2D eigenvalue weighted by Gasteiger charge is 2.18. The highest BCUT2D eigenvalue weighted by atomic mass is 19.1. The number of ether oxygens (including phenoxy) is 2. The van der Waals surface area contributed by atoms with Gasteiger partial charge < -0.3 is 14.6 Å². The fraction of sp³-hybridized carbons (Fsp3) is 0.0714. The first-order valence-corrected chi connectivity index (χ1v) is 5.46. The quantitative estimate of drug-likeness (QED) is 0.918. The third-order valence-corrected chi connectivity index (χ3v) is 2.48. The Kier molecular flexibility index (Phi) is 3.66. The van der Waals surface area contributed by atoms with Gasteiger partial charge in [-0.25, -0.2) is 9.18 Å². The molecular formula is C14H11FO4. The van der Waals surface area contributed by atoms with Crippen LogP contribution in [0.5, 0.6) is 17.2 Å². The van der Waals surface area contributed by atoms with Crippen LogP contribution in [0.25, 0.3) is 0 Å². The number of benzene rings is 2. The summed E-state index contributed by atoms with van der Waals surface area (Å²) in [6.07, 6.45) is 0. The Bertz CT molecular complexity index is 610. The van der Waals surface area contributed by atoms with E-state index in [1.54, 1.807) is 24.3 Å². The van der Waals surface area contributed by atoms with Gasteiger partial charge in [-0.2, -0.15) is 0 Å². The van der Waals surface area contributed by atoms with E-state index in [0.717, 1.165) is 6.07 Å². The number of methoxy groups -OCH3 is 1. The summed E-state index contributed by atoms with van der Waals surface area (Å²) in [5, 5.41) is 9.00. The van der Waals surface area contributed by atoms with Crippen molar-refractivity contribution < 1.29 is 23.8 Å². The SMILES string of the molecule is COc1ccccc1Oc1cccc(F)c1C(=O)O. The van der Waals surface area contributed by atoms with Crippen molar-refractivity contribution in [2.75, 3.05) is 7.11 Å². The van der Waals surface area contributed by atoms with Crippen molar-refractivity contribution in [3.63, 3.8) is 0 Å². The van der Waals surface area contributed by atoms with E-state index in [-0.39, 0.29) is 5.75 Å². The summed E-state index contributed by atoms with van der Waals surface area (Å²) in [5.74, 6) is -1.55. The van der Waals surface area contributed by atoms with Crippen molar-refractivity contribution in [2.45, 2.75) is 0 Å². The lowest BCUT2D eigenvalue weighted by Gasteiger charge is -2.12. The molecule has 4 nitrogen and oxygen atoms in total. The summed E-state index contributed by atoms with van der Waals surface area (Å²) in [4.78, 5) is 11.0. The van der Waals surface area contributed by atoms with E-state index in [2.05, 4.69) is 0 Å². The van der Waals surface area contributed by atoms with Crippen molar-refractivity contribution in [3.05, 3.63) is 53.8 Å². The molecule has 0 saturated heterocycles. The van der Waals surface area contributed by atoms with Gasteiger partial charge in [0.1, 0.15) is 17.1 Å². The Morgan fingerprint density at radius 3 is 2.32 bits per heavy atom. The Morgan fingerprint density at radius 2 is 1.68 bits per heavy atom. The van der Waals surface area contributed by atoms with Gasteiger partial charge in [0.15, 0.2) is 11.5 Å². The number of hydrogen-bond acceptors (Lipinski definition) is 3. The molecule has 98 valence electrons. The van der Waals surface area contributed by atoms with Gasteiger partial charge in [-0.3, -0.25) is 0 Å². The van der Waals surface area contributed by atoms with Crippen LogP contribution in [-0.2, 0) is 0 Å². The van der Waals surface area contributed by atoms with Gasteiger partial charge in [0.2, 0.25) is 0 Å². The van der Waals surface area contributed by atoms with Crippen LogP contribution in [0.4, 0.5) is 4.39 Å². The Labute approximate surface area is 109 Å². The fourth-order valence-corrected chi connectivity index (χ4v) is 1.62. The number of aromatic carboxylic acids is 1. The predicted molar refractivity (Wildman–Crippen MR) is 66.4 cm³/mol. The van der Waals surface area contributed by atoms with Crippen molar-refractivity contribution in [1.29, 1.82) is 0 Å². The molecule has 0 atom stereocenters. The molecule has 0 fully saturated rings. The van der Waals surface area contributed by atoms with Gasteiger partial charge in [0.25, 0.3) is 0 Å². The number of carbonyl (C=O) groups is 1. The van der Waals surface area contributed by atoms with E-state index in [1.807, 2.05) is 0 Å². The topological polar surface area (TPSA) is 55.8 Å². The summed E-state index contributed by atoms with van der Waals surface area (Å²) in [7, 11) is 1.46. The molecule has 2 aromatic rings. The Morgan fingerprint density at radius 1 is 1.05 bits per heavy atom. The molecule has 5 heteroatoms. The molecule has 0 heterocycles. The zero-order chi connectivity index (χ0) is 13.8. The standard InChI is InChI=1S/C14H11FO4/c1-18-10-6-2-3-7-11(10)19-12-8-4-5-9(15)13(12)14(16)17/h2-8H,1H3,(H,16,17). The van der Waals surface area contributed by atoms with E-state index < -0.39 is 17.3 Å². The first-order valence-electron chi connectivity index (χ1n) is 5.46. The van der Waals surface area contributed by atoms with E-state index >= 15 is 0 Å². The van der Waals surface area contributed by atoms with Crippen molar-refractivity contribution in [2.24, 2.45) is 0 Å². The molecule has 19 heavy (non-hydrogen) atoms. The largest absolute Gasteiger partial charge is 0.493 e. The minimum absolute atomic E-state index is 0.0722. The summed E-state index contributed by atoms with van der Waals surface area (Å²) in [6.45, 7) is 0. The molecule has 0 radical (unpaired) electrons.